The molecule has 1 saturated heterocycles. The second-order valence-electron chi connectivity index (χ2n) is 11.2. The first kappa shape index (κ1) is 28.8. The summed E-state index contributed by atoms with van der Waals surface area (Å²) in [5, 5.41) is 2.16. The summed E-state index contributed by atoms with van der Waals surface area (Å²) in [5.74, 6) is 0.0757. The molecule has 3 aliphatic heterocycles. The van der Waals surface area contributed by atoms with Crippen molar-refractivity contribution in [1.29, 1.82) is 0 Å². The van der Waals surface area contributed by atoms with Crippen molar-refractivity contribution >= 4 is 52.1 Å². The molecule has 0 radical (unpaired) electrons. The summed E-state index contributed by atoms with van der Waals surface area (Å²) in [6, 6.07) is 15.5. The third-order valence-corrected chi connectivity index (χ3v) is 9.49. The van der Waals surface area contributed by atoms with Crippen molar-refractivity contribution < 1.29 is 9.59 Å². The minimum Gasteiger partial charge on any atom is -0.332 e. The number of amides is 3. The van der Waals surface area contributed by atoms with Crippen molar-refractivity contribution in [3.8, 4) is 0 Å². The number of halogens is 2. The number of hydrogen-bond donors (Lipinski definition) is 0. The van der Waals surface area contributed by atoms with E-state index >= 15 is 0 Å². The Labute approximate surface area is 250 Å². The van der Waals surface area contributed by atoms with Crippen molar-refractivity contribution in [3.63, 3.8) is 0 Å². The summed E-state index contributed by atoms with van der Waals surface area (Å²) in [5.41, 5.74) is 2.48. The van der Waals surface area contributed by atoms with Gasteiger partial charge in [0.15, 0.2) is 5.17 Å². The van der Waals surface area contributed by atoms with Gasteiger partial charge in [0.05, 0.1) is 12.1 Å². The molecule has 2 aromatic carbocycles. The second-order valence-corrected chi connectivity index (χ2v) is 13.0. The topological polar surface area (TPSA) is 59.5 Å². The van der Waals surface area contributed by atoms with Crippen molar-refractivity contribution in [2.75, 3.05) is 33.7 Å². The minimum atomic E-state index is -0.610. The van der Waals surface area contributed by atoms with Crippen LogP contribution >= 0.6 is 35.0 Å². The first-order chi connectivity index (χ1) is 19.0. The van der Waals surface area contributed by atoms with Crippen LogP contribution in [0.5, 0.6) is 0 Å². The van der Waals surface area contributed by atoms with Gasteiger partial charge < -0.3 is 19.6 Å². The number of hydrogen-bond acceptors (Lipinski definition) is 5. The number of fused-ring (bicyclic) bond motifs is 1. The lowest BCUT2D eigenvalue weighted by molar-refractivity contribution is -0.131. The molecule has 0 spiro atoms. The zero-order chi connectivity index (χ0) is 28.9. The first-order valence-corrected chi connectivity index (χ1v) is 15.1. The summed E-state index contributed by atoms with van der Waals surface area (Å²) >= 11 is 14.0. The minimum absolute atomic E-state index is 0.00157. The van der Waals surface area contributed by atoms with E-state index in [0.29, 0.717) is 34.6 Å². The Morgan fingerprint density at radius 3 is 2.15 bits per heavy atom. The molecular weight excluding hydrogens is 565 g/mol. The van der Waals surface area contributed by atoms with Crippen LogP contribution in [0.25, 0.3) is 0 Å². The highest BCUT2D eigenvalue weighted by molar-refractivity contribution is 8.18. The van der Waals surface area contributed by atoms with Gasteiger partial charge in [-0.3, -0.25) is 4.79 Å². The summed E-state index contributed by atoms with van der Waals surface area (Å²) in [4.78, 5) is 40.0. The summed E-state index contributed by atoms with van der Waals surface area (Å²) in [6.45, 7) is 10.0. The molecule has 0 bridgehead atoms. The molecule has 0 saturated carbocycles. The number of urea groups is 1. The maximum Gasteiger partial charge on any atom is 0.319 e. The molecule has 0 N–H and O–H groups in total. The van der Waals surface area contributed by atoms with Crippen LogP contribution in [0.15, 0.2) is 64.1 Å². The molecule has 3 heterocycles. The third kappa shape index (κ3) is 4.88. The fourth-order valence-corrected chi connectivity index (χ4v) is 7.47. The number of thioether (sulfide) groups is 1. The number of rotatable bonds is 6. The molecule has 3 aliphatic rings. The molecule has 2 unspecified atom stereocenters. The fraction of sp³-hybridized carbons (Fsp3) is 0.433. The number of nitrogens with zero attached hydrogens (tertiary/aromatic N) is 5. The number of likely N-dealkylation sites (N-methyl/N-ethyl adjacent to an activating group) is 1. The predicted molar refractivity (Wildman–Crippen MR) is 164 cm³/mol. The van der Waals surface area contributed by atoms with Crippen LogP contribution in [-0.2, 0) is 10.3 Å². The van der Waals surface area contributed by atoms with Gasteiger partial charge >= 0.3 is 6.03 Å². The maximum absolute atomic E-state index is 14.1. The summed E-state index contributed by atoms with van der Waals surface area (Å²) in [7, 11) is 3.49. The molecule has 0 aromatic heterocycles. The summed E-state index contributed by atoms with van der Waals surface area (Å²) in [6.07, 6.45) is 0. The molecule has 5 rings (SSSR count). The highest BCUT2D eigenvalue weighted by Crippen LogP contribution is 2.56. The molecule has 2 aromatic rings. The first-order valence-electron chi connectivity index (χ1n) is 13.6. The van der Waals surface area contributed by atoms with Gasteiger partial charge in [0.2, 0.25) is 0 Å². The Kier molecular flexibility index (Phi) is 7.89. The lowest BCUT2D eigenvalue weighted by Gasteiger charge is -2.45. The normalized spacial score (nSPS) is 22.4. The molecule has 7 nitrogen and oxygen atoms in total. The van der Waals surface area contributed by atoms with Gasteiger partial charge in [0.25, 0.3) is 5.91 Å². The van der Waals surface area contributed by atoms with Crippen molar-refractivity contribution in [2.24, 2.45) is 10.9 Å². The van der Waals surface area contributed by atoms with E-state index in [1.807, 2.05) is 60.4 Å². The molecular formula is C30H35Cl2N5O2S. The van der Waals surface area contributed by atoms with E-state index in [2.05, 4.69) is 25.7 Å². The maximum atomic E-state index is 14.1. The fourth-order valence-electron chi connectivity index (χ4n) is 5.85. The Balaban J connectivity index is 1.53. The third-order valence-electron chi connectivity index (χ3n) is 7.92. The molecule has 0 aliphatic carbocycles. The zero-order valence-electron chi connectivity index (χ0n) is 23.7. The van der Waals surface area contributed by atoms with E-state index in [1.54, 1.807) is 23.9 Å². The second kappa shape index (κ2) is 11.0. The molecule has 2 atom stereocenters. The lowest BCUT2D eigenvalue weighted by Crippen LogP contribution is -2.63. The van der Waals surface area contributed by atoms with Crippen LogP contribution in [0.1, 0.15) is 44.9 Å². The van der Waals surface area contributed by atoms with Crippen LogP contribution in [0, 0.1) is 5.92 Å². The molecule has 1 fully saturated rings. The van der Waals surface area contributed by atoms with Crippen molar-refractivity contribution in [1.82, 2.24) is 19.6 Å². The molecule has 40 heavy (non-hydrogen) atoms. The monoisotopic (exact) mass is 599 g/mol. The van der Waals surface area contributed by atoms with Crippen LogP contribution in [0.3, 0.4) is 0 Å². The van der Waals surface area contributed by atoms with E-state index in [0.717, 1.165) is 22.0 Å². The number of likely N-dealkylation sites (tertiary alicyclic amines) is 1. The quantitative estimate of drug-likeness (QED) is 0.383. The van der Waals surface area contributed by atoms with Crippen LogP contribution in [0.2, 0.25) is 10.0 Å². The molecule has 212 valence electrons. The number of carbonyl (C=O) groups excluding carboxylic acids is 2. The van der Waals surface area contributed by atoms with Crippen LogP contribution in [0.4, 0.5) is 4.79 Å². The average Bonchev–Trinajstić information content (AvgIpc) is 3.38. The molecule has 3 amide bonds. The Morgan fingerprint density at radius 2 is 1.62 bits per heavy atom. The number of amidine groups is 1. The van der Waals surface area contributed by atoms with Crippen LogP contribution < -0.4 is 0 Å². The van der Waals surface area contributed by atoms with Crippen molar-refractivity contribution in [2.45, 2.75) is 45.3 Å². The van der Waals surface area contributed by atoms with E-state index in [1.165, 1.54) is 11.8 Å². The largest absolute Gasteiger partial charge is 0.332 e. The number of aliphatic imine (C=N–C) groups is 1. The van der Waals surface area contributed by atoms with E-state index in [9.17, 15) is 9.59 Å². The van der Waals surface area contributed by atoms with Gasteiger partial charge in [0.1, 0.15) is 10.4 Å². The zero-order valence-corrected chi connectivity index (χ0v) is 26.0. The van der Waals surface area contributed by atoms with Gasteiger partial charge in [-0.15, -0.1) is 0 Å². The van der Waals surface area contributed by atoms with Crippen molar-refractivity contribution in [3.05, 3.63) is 80.3 Å². The number of carbonyl (C=O) groups is 2. The highest BCUT2D eigenvalue weighted by atomic mass is 35.5. The van der Waals surface area contributed by atoms with Gasteiger partial charge in [0, 0.05) is 49.5 Å². The Bertz CT molecular complexity index is 1370. The predicted octanol–water partition coefficient (Wildman–Crippen LogP) is 6.45. The van der Waals surface area contributed by atoms with Crippen LogP contribution in [-0.4, -0.2) is 76.5 Å². The summed E-state index contributed by atoms with van der Waals surface area (Å²) < 4.78 is 0. The van der Waals surface area contributed by atoms with E-state index < -0.39 is 5.54 Å². The highest BCUT2D eigenvalue weighted by Gasteiger charge is 2.53. The molecule has 10 heteroatoms. The number of benzene rings is 2. The van der Waals surface area contributed by atoms with Gasteiger partial charge in [-0.05, 0) is 66.9 Å². The SMILES string of the molecule is CCN(C(=O)C1=C(C(C)C)N2C(=NC(C)(c3ccc(Cl)cc3)C2c2ccc(Cl)cc2)S1)C1CN(C(=O)N(C)C)C1. The Morgan fingerprint density at radius 1 is 1.05 bits per heavy atom. The van der Waals surface area contributed by atoms with Gasteiger partial charge in [-0.25, -0.2) is 9.79 Å². The smallest absolute Gasteiger partial charge is 0.319 e. The Hall–Kier alpha value is -2.68. The standard InChI is InChI=1S/C30H35Cl2N5O2S/c1-7-36(23-16-35(17-23)29(39)34(5)6)27(38)25-24(18(2)3)37-26(19-8-12-21(31)13-9-19)30(4,33-28(37)40-25)20-10-14-22(32)15-11-20/h8-15,18,23,26H,7,16-17H2,1-6H3. The lowest BCUT2D eigenvalue weighted by atomic mass is 9.81. The van der Waals surface area contributed by atoms with E-state index in [-0.39, 0.29) is 29.9 Å². The van der Waals surface area contributed by atoms with Gasteiger partial charge in [-0.2, -0.15) is 0 Å². The average molecular weight is 601 g/mol. The van der Waals surface area contributed by atoms with E-state index in [4.69, 9.17) is 28.2 Å². The number of allylic oxidation sites excluding steroid dienone is 1. The van der Waals surface area contributed by atoms with Gasteiger partial charge in [-0.1, -0.05) is 61.3 Å².